The Bertz CT molecular complexity index is 357. The Kier molecular flexibility index (Phi) is 7.84. The van der Waals surface area contributed by atoms with Gasteiger partial charge in [0.2, 0.25) is 0 Å². The summed E-state index contributed by atoms with van der Waals surface area (Å²) in [6.45, 7) is 0.770. The first-order valence-electron chi connectivity index (χ1n) is 5.84. The van der Waals surface area contributed by atoms with Crippen LogP contribution >= 0.6 is 38.5 Å². The van der Waals surface area contributed by atoms with Crippen molar-refractivity contribution < 1.29 is 4.79 Å². The van der Waals surface area contributed by atoms with E-state index in [1.807, 2.05) is 24.3 Å². The van der Waals surface area contributed by atoms with E-state index >= 15 is 0 Å². The van der Waals surface area contributed by atoms with Gasteiger partial charge in [-0.05, 0) is 53.6 Å². The van der Waals surface area contributed by atoms with Gasteiger partial charge in [-0.25, -0.2) is 0 Å². The molecule has 0 bridgehead atoms. The molecule has 1 rings (SSSR count). The molecule has 94 valence electrons. The summed E-state index contributed by atoms with van der Waals surface area (Å²) in [7, 11) is 0. The fourth-order valence-electron chi connectivity index (χ4n) is 1.51. The quantitative estimate of drug-likeness (QED) is 0.412. The number of benzene rings is 1. The highest BCUT2D eigenvalue weighted by Gasteiger charge is 2.04. The molecule has 0 saturated carbocycles. The largest absolute Gasteiger partial charge is 0.352 e. The zero-order valence-corrected chi connectivity index (χ0v) is 13.5. The van der Waals surface area contributed by atoms with Crippen LogP contribution < -0.4 is 5.32 Å². The van der Waals surface area contributed by atoms with Gasteiger partial charge in [-0.1, -0.05) is 34.8 Å². The van der Waals surface area contributed by atoms with Gasteiger partial charge in [-0.2, -0.15) is 0 Å². The van der Waals surface area contributed by atoms with Crippen LogP contribution in [0.15, 0.2) is 24.3 Å². The minimum atomic E-state index is 0.0315. The Morgan fingerprint density at radius 3 is 2.71 bits per heavy atom. The van der Waals surface area contributed by atoms with E-state index in [2.05, 4.69) is 43.8 Å². The maximum absolute atomic E-state index is 11.8. The molecule has 1 amide bonds. The second kappa shape index (κ2) is 8.91. The van der Waals surface area contributed by atoms with Gasteiger partial charge in [0.25, 0.3) is 5.91 Å². The smallest absolute Gasteiger partial charge is 0.251 e. The Balaban J connectivity index is 2.21. The van der Waals surface area contributed by atoms with E-state index in [0.717, 1.165) is 27.4 Å². The fraction of sp³-hybridized carbons (Fsp3) is 0.462. The van der Waals surface area contributed by atoms with Crippen molar-refractivity contribution in [1.29, 1.82) is 0 Å². The van der Waals surface area contributed by atoms with E-state index < -0.39 is 0 Å². The number of unbranched alkanes of at least 4 members (excludes halogenated alkanes) is 3. The second-order valence-electron chi connectivity index (χ2n) is 3.87. The maximum Gasteiger partial charge on any atom is 0.251 e. The standard InChI is InChI=1S/C13H17BrINO/c14-8-3-1-2-4-9-16-13(17)11-6-5-7-12(15)10-11/h5-7,10H,1-4,8-9H2,(H,16,17). The van der Waals surface area contributed by atoms with Gasteiger partial charge in [-0.15, -0.1) is 0 Å². The summed E-state index contributed by atoms with van der Waals surface area (Å²) in [5.74, 6) is 0.0315. The molecule has 0 atom stereocenters. The van der Waals surface area contributed by atoms with E-state index in [0.29, 0.717) is 0 Å². The molecule has 17 heavy (non-hydrogen) atoms. The minimum Gasteiger partial charge on any atom is -0.352 e. The molecule has 0 spiro atoms. The van der Waals surface area contributed by atoms with Gasteiger partial charge in [0.1, 0.15) is 0 Å². The third kappa shape index (κ3) is 6.41. The number of hydrogen-bond donors (Lipinski definition) is 1. The molecule has 0 fully saturated rings. The SMILES string of the molecule is O=C(NCCCCCCBr)c1cccc(I)c1. The van der Waals surface area contributed by atoms with Crippen LogP contribution in [0, 0.1) is 3.57 Å². The monoisotopic (exact) mass is 409 g/mol. The van der Waals surface area contributed by atoms with Crippen LogP contribution in [0.25, 0.3) is 0 Å². The van der Waals surface area contributed by atoms with E-state index in [1.165, 1.54) is 19.3 Å². The highest BCUT2D eigenvalue weighted by atomic mass is 127. The van der Waals surface area contributed by atoms with Crippen LogP contribution in [0.3, 0.4) is 0 Å². The van der Waals surface area contributed by atoms with Gasteiger partial charge in [0.15, 0.2) is 0 Å². The maximum atomic E-state index is 11.8. The van der Waals surface area contributed by atoms with Crippen molar-refractivity contribution in [1.82, 2.24) is 5.32 Å². The van der Waals surface area contributed by atoms with Crippen LogP contribution in [0.4, 0.5) is 0 Å². The van der Waals surface area contributed by atoms with E-state index in [-0.39, 0.29) is 5.91 Å². The lowest BCUT2D eigenvalue weighted by atomic mass is 10.2. The third-order valence-corrected chi connectivity index (χ3v) is 3.66. The topological polar surface area (TPSA) is 29.1 Å². The molecule has 0 aromatic heterocycles. The van der Waals surface area contributed by atoms with E-state index in [9.17, 15) is 4.79 Å². The fourth-order valence-corrected chi connectivity index (χ4v) is 2.45. The highest BCUT2D eigenvalue weighted by Crippen LogP contribution is 2.07. The molecular formula is C13H17BrINO. The van der Waals surface area contributed by atoms with Gasteiger partial charge in [-0.3, -0.25) is 4.79 Å². The predicted molar refractivity (Wildman–Crippen MR) is 83.8 cm³/mol. The van der Waals surface area contributed by atoms with Gasteiger partial charge >= 0.3 is 0 Å². The van der Waals surface area contributed by atoms with E-state index in [1.54, 1.807) is 0 Å². The minimum absolute atomic E-state index is 0.0315. The van der Waals surface area contributed by atoms with Gasteiger partial charge in [0.05, 0.1) is 0 Å². The van der Waals surface area contributed by atoms with Crippen LogP contribution in [-0.2, 0) is 0 Å². The number of alkyl halides is 1. The number of carbonyl (C=O) groups excluding carboxylic acids is 1. The molecule has 0 heterocycles. The van der Waals surface area contributed by atoms with Gasteiger partial charge < -0.3 is 5.32 Å². The summed E-state index contributed by atoms with van der Waals surface area (Å²) >= 11 is 5.62. The van der Waals surface area contributed by atoms with Crippen molar-refractivity contribution in [3.8, 4) is 0 Å². The van der Waals surface area contributed by atoms with Crippen LogP contribution in [0.2, 0.25) is 0 Å². The summed E-state index contributed by atoms with van der Waals surface area (Å²) < 4.78 is 1.09. The summed E-state index contributed by atoms with van der Waals surface area (Å²) in [4.78, 5) is 11.8. The van der Waals surface area contributed by atoms with Crippen LogP contribution in [0.1, 0.15) is 36.0 Å². The summed E-state index contributed by atoms with van der Waals surface area (Å²) in [6, 6.07) is 7.65. The molecule has 1 N–H and O–H groups in total. The highest BCUT2D eigenvalue weighted by molar-refractivity contribution is 14.1. The van der Waals surface area contributed by atoms with Crippen molar-refractivity contribution in [3.05, 3.63) is 33.4 Å². The van der Waals surface area contributed by atoms with E-state index in [4.69, 9.17) is 0 Å². The van der Waals surface area contributed by atoms with Crippen molar-refractivity contribution >= 4 is 44.4 Å². The van der Waals surface area contributed by atoms with Gasteiger partial charge in [0, 0.05) is 21.0 Å². The Hall–Kier alpha value is -0.100. The second-order valence-corrected chi connectivity index (χ2v) is 5.91. The lowest BCUT2D eigenvalue weighted by molar-refractivity contribution is 0.0953. The third-order valence-electron chi connectivity index (χ3n) is 2.43. The first-order chi connectivity index (χ1) is 8.24. The van der Waals surface area contributed by atoms with Crippen molar-refractivity contribution in [2.24, 2.45) is 0 Å². The van der Waals surface area contributed by atoms with Crippen molar-refractivity contribution in [2.75, 3.05) is 11.9 Å². The van der Waals surface area contributed by atoms with Crippen molar-refractivity contribution in [2.45, 2.75) is 25.7 Å². The molecular weight excluding hydrogens is 393 g/mol. The predicted octanol–water partition coefficient (Wildman–Crippen LogP) is 3.98. The lowest BCUT2D eigenvalue weighted by Gasteiger charge is -2.05. The van der Waals surface area contributed by atoms with Crippen molar-refractivity contribution in [3.63, 3.8) is 0 Å². The lowest BCUT2D eigenvalue weighted by Crippen LogP contribution is -2.24. The summed E-state index contributed by atoms with van der Waals surface area (Å²) in [6.07, 6.45) is 4.68. The van der Waals surface area contributed by atoms with Crippen LogP contribution in [-0.4, -0.2) is 17.8 Å². The summed E-state index contributed by atoms with van der Waals surface area (Å²) in [5, 5.41) is 4.02. The molecule has 1 aromatic carbocycles. The molecule has 0 aliphatic rings. The summed E-state index contributed by atoms with van der Waals surface area (Å²) in [5.41, 5.74) is 0.748. The van der Waals surface area contributed by atoms with Crippen LogP contribution in [0.5, 0.6) is 0 Å². The zero-order chi connectivity index (χ0) is 12.5. The molecule has 0 saturated heterocycles. The molecule has 0 aliphatic heterocycles. The average molecular weight is 410 g/mol. The average Bonchev–Trinajstić information content (AvgIpc) is 2.33. The number of amides is 1. The zero-order valence-electron chi connectivity index (χ0n) is 9.72. The first-order valence-corrected chi connectivity index (χ1v) is 8.04. The normalized spacial score (nSPS) is 10.2. The molecule has 0 unspecified atom stereocenters. The Morgan fingerprint density at radius 1 is 1.24 bits per heavy atom. The molecule has 0 aliphatic carbocycles. The number of rotatable bonds is 7. The number of carbonyl (C=O) groups is 1. The number of hydrogen-bond acceptors (Lipinski definition) is 1. The first kappa shape index (κ1) is 15.0. The molecule has 4 heteroatoms. The molecule has 2 nitrogen and oxygen atoms in total. The molecule has 0 radical (unpaired) electrons. The number of nitrogens with one attached hydrogen (secondary N) is 1. The molecule has 1 aromatic rings. The number of halogens is 2. The Labute approximate surface area is 125 Å². The Morgan fingerprint density at radius 2 is 2.00 bits per heavy atom.